The predicted molar refractivity (Wildman–Crippen MR) is 424 cm³/mol. The topological polar surface area (TPSA) is 519 Å². The lowest BCUT2D eigenvalue weighted by Crippen LogP contribution is -2.64. The van der Waals surface area contributed by atoms with Crippen LogP contribution in [0.2, 0.25) is 10.0 Å². The molecule has 8 aromatic rings. The Morgan fingerprint density at radius 1 is 0.712 bits per heavy atom. The number of ether oxygens (including phenoxy) is 6. The molecule has 18 atom stereocenters. The van der Waals surface area contributed by atoms with E-state index in [9.17, 15) is 60.3 Å². The smallest absolute Gasteiger partial charge is 0.330 e. The fourth-order valence-corrected chi connectivity index (χ4v) is 16.0. The number of carboxylic acids is 1. The molecule has 33 nitrogen and oxygen atoms in total. The molecule has 36 heteroatoms. The Labute approximate surface area is 688 Å². The molecule has 0 aliphatic carbocycles. The Bertz CT molecular complexity index is 5130. The van der Waals surface area contributed by atoms with Crippen molar-refractivity contribution in [1.82, 2.24) is 42.2 Å². The first-order valence-electron chi connectivity index (χ1n) is 37.4. The van der Waals surface area contributed by atoms with Gasteiger partial charge >= 0.3 is 5.97 Å². The van der Waals surface area contributed by atoms with Crippen molar-refractivity contribution in [3.63, 3.8) is 0 Å². The minimum absolute atomic E-state index is 0.0944. The van der Waals surface area contributed by atoms with E-state index in [-0.39, 0.29) is 79.1 Å². The number of carbonyl (C=O) groups excluding carboxylic acids is 6. The van der Waals surface area contributed by atoms with Gasteiger partial charge in [-0.3, -0.25) is 28.8 Å². The maximum absolute atomic E-state index is 16.4. The van der Waals surface area contributed by atoms with E-state index in [1.165, 1.54) is 56.4 Å². The molecular formula is C82H86Cl2N10O23S. The fourth-order valence-electron chi connectivity index (χ4n) is 14.7. The van der Waals surface area contributed by atoms with Gasteiger partial charge in [0.25, 0.3) is 5.22 Å². The number of hydrogen-bond acceptors (Lipinski definition) is 27. The summed E-state index contributed by atoms with van der Waals surface area (Å²) in [5, 5.41) is 125. The molecule has 7 aromatic carbocycles. The molecule has 20 N–H and O–H groups in total. The van der Waals surface area contributed by atoms with Gasteiger partial charge in [0.1, 0.15) is 83.0 Å². The third-order valence-electron chi connectivity index (χ3n) is 20.8. The van der Waals surface area contributed by atoms with Crippen LogP contribution < -0.4 is 62.9 Å². The van der Waals surface area contributed by atoms with Crippen LogP contribution >= 0.6 is 35.0 Å². The second-order valence-corrected chi connectivity index (χ2v) is 31.7. The van der Waals surface area contributed by atoms with Gasteiger partial charge < -0.3 is 127 Å². The molecule has 2 saturated heterocycles. The molecule has 0 saturated carbocycles. The zero-order chi connectivity index (χ0) is 84.6. The van der Waals surface area contributed by atoms with Gasteiger partial charge in [-0.25, -0.2) is 9.78 Å². The normalized spacial score (nSPS) is 26.8. The molecule has 622 valence electrons. The van der Waals surface area contributed by atoms with Gasteiger partial charge in [-0.1, -0.05) is 134 Å². The molecule has 1 aromatic heterocycles. The first-order valence-corrected chi connectivity index (χ1v) is 39.1. The third-order valence-corrected chi connectivity index (χ3v) is 22.3. The van der Waals surface area contributed by atoms with E-state index in [2.05, 4.69) is 43.8 Å². The van der Waals surface area contributed by atoms with Crippen LogP contribution in [0.4, 0.5) is 0 Å². The molecule has 7 aliphatic rings. The van der Waals surface area contributed by atoms with Crippen molar-refractivity contribution >= 4 is 76.4 Å². The number of phenols is 3. The first kappa shape index (κ1) is 84.8. The molecular weight excluding hydrogens is 1600 g/mol. The summed E-state index contributed by atoms with van der Waals surface area (Å²) in [4.78, 5) is 108. The number of hydrogen-bond donors (Lipinski definition) is 18. The van der Waals surface area contributed by atoms with Crippen molar-refractivity contribution in [2.45, 2.75) is 161 Å². The number of nitrogens with one attached hydrogen (secondary N) is 7. The first-order chi connectivity index (χ1) is 56.1. The number of phenolic OH excluding ortho intramolecular Hbond substituents is 3. The number of oxazole rings is 1. The number of halogens is 2. The lowest BCUT2D eigenvalue weighted by Gasteiger charge is -2.47. The second kappa shape index (κ2) is 35.2. The number of fused-ring (bicyclic) bond motifs is 15. The summed E-state index contributed by atoms with van der Waals surface area (Å²) in [7, 11) is 1.49. The summed E-state index contributed by atoms with van der Waals surface area (Å²) in [6, 6.07) is 19.8. The lowest BCUT2D eigenvalue weighted by molar-refractivity contribution is -0.329. The van der Waals surface area contributed by atoms with E-state index in [1.807, 2.05) is 74.5 Å². The van der Waals surface area contributed by atoms with Gasteiger partial charge in [0.15, 0.2) is 35.7 Å². The zero-order valence-electron chi connectivity index (χ0n) is 63.7. The molecule has 0 spiro atoms. The number of rotatable bonds is 17. The van der Waals surface area contributed by atoms with Crippen molar-refractivity contribution in [3.8, 4) is 79.7 Å². The van der Waals surface area contributed by atoms with Crippen LogP contribution in [0.15, 0.2) is 161 Å². The van der Waals surface area contributed by atoms with Crippen LogP contribution in [0, 0.1) is 5.92 Å². The highest BCUT2D eigenvalue weighted by Gasteiger charge is 2.52. The highest BCUT2D eigenvalue weighted by atomic mass is 35.5. The average Bonchev–Trinajstić information content (AvgIpc) is 1.03. The summed E-state index contributed by atoms with van der Waals surface area (Å²) in [6.07, 6.45) is -18.1. The fraction of sp³-hybridized carbons (Fsp3) is 0.341. The van der Waals surface area contributed by atoms with Gasteiger partial charge in [-0.15, -0.1) is 0 Å². The van der Waals surface area contributed by atoms with Gasteiger partial charge in [0.2, 0.25) is 47.5 Å². The number of carboxylic acid groups (broad SMARTS) is 1. The van der Waals surface area contributed by atoms with Crippen LogP contribution in [0.25, 0.3) is 33.7 Å². The van der Waals surface area contributed by atoms with Crippen molar-refractivity contribution in [3.05, 3.63) is 190 Å². The van der Waals surface area contributed by atoms with Crippen LogP contribution in [0.1, 0.15) is 105 Å². The minimum atomic E-state index is -2.25. The highest BCUT2D eigenvalue weighted by Crippen LogP contribution is 2.51. The quantitative estimate of drug-likeness (QED) is 0.0450. The Balaban J connectivity index is 1.03. The monoisotopic (exact) mass is 1680 g/mol. The molecule has 6 amide bonds. The number of benzene rings is 7. The maximum atomic E-state index is 16.4. The van der Waals surface area contributed by atoms with E-state index in [1.54, 1.807) is 6.92 Å². The summed E-state index contributed by atoms with van der Waals surface area (Å²) >= 11 is 15.5. The molecule has 8 heterocycles. The van der Waals surface area contributed by atoms with E-state index in [0.29, 0.717) is 22.6 Å². The van der Waals surface area contributed by atoms with Crippen LogP contribution in [-0.2, 0) is 47.8 Å². The largest absolute Gasteiger partial charge is 0.508 e. The predicted octanol–water partition coefficient (Wildman–Crippen LogP) is 6.22. The van der Waals surface area contributed by atoms with Gasteiger partial charge in [0, 0.05) is 57.3 Å². The molecule has 7 aliphatic heterocycles. The maximum Gasteiger partial charge on any atom is 0.330 e. The standard InChI is InChI=1S/C82H86Cl2N10O23S/c1-34(2)23-48(87-6)74(104)93-65-67(100)41-19-22-53(47(84)26-41)113-55-28-42-27-54(71(55)116-80-72(115-58-32-82(5,86)73(103)36(4)111-58)69(102)68(101)56(114-80)33-118-81-94-61(37-13-9-7-10-14-37)70(117-81)38-15-11-8-12-16-38)112-52-21-18-40(25-46(52)83)66(99)64-78(108)92-63(79(109)110)45-29-43(95)30-51(97)59(45)44-24-39(17-20-50(44)96)60(35(3)88-64)90-76(106)62(42)91-75(105)49(31-57(85)98)89-77(65)107/h7-22,24-30,34,36,48-49,56,58,60,62-69,72-73,80,87-88,95-97,99-103H,3,23,31-33,86H2,1-2,4-6H3,(H2,85,98)(H,89,107)(H,90,106)(H,91,105)(H,92,108)(H,93,104)(H,109,110)/t36?,48-,49-,56?,58?,60?,62+,63+,64-,65+,66+,67+,68?,69?,72?,73?,80?,82?/m0/s1. The van der Waals surface area contributed by atoms with E-state index in [0.717, 1.165) is 48.2 Å². The lowest BCUT2D eigenvalue weighted by atomic mass is 9.86. The number of aromatic nitrogens is 1. The summed E-state index contributed by atoms with van der Waals surface area (Å²) in [6.45, 7) is 11.0. The van der Waals surface area contributed by atoms with Gasteiger partial charge in [-0.2, -0.15) is 0 Å². The Hall–Kier alpha value is -11.1. The summed E-state index contributed by atoms with van der Waals surface area (Å²) in [5.41, 5.74) is 10.5. The number of likely N-dealkylation sites (N-methyl/N-ethyl adjacent to an activating group) is 1. The number of thioether (sulfide) groups is 1. The zero-order valence-corrected chi connectivity index (χ0v) is 66.0. The summed E-state index contributed by atoms with van der Waals surface area (Å²) < 4.78 is 46.8. The number of aromatic hydroxyl groups is 3. The van der Waals surface area contributed by atoms with E-state index in [4.69, 9.17) is 72.5 Å². The SMILES string of the molecule is C=C1N[C@@H]2C(=O)N[C@@H](C(=O)O)c3cc(O)cc(O)c3-c3cc(ccc3O)C1NC(=O)[C@@H]1NC(=O)[C@H](CC(N)=O)NC(=O)[C@H](NC(=O)[C@H](CC(C)C)NC)[C@H](O)c3ccc(c(Cl)c3)Oc3cc1cc(c3OC1OC(CSc3nc(-c4ccccc4)c(-c4ccccc4)o3)C(O)C(O)C1OC1CC(C)(N)C(O)C(C)O1)Oc1ccc(cc1Cl)[C@H]2O. The van der Waals surface area contributed by atoms with E-state index < -0.39 is 208 Å². The second-order valence-electron chi connectivity index (χ2n) is 29.9. The van der Waals surface area contributed by atoms with Crippen LogP contribution in [-0.4, -0.2) is 184 Å². The van der Waals surface area contributed by atoms with Crippen molar-refractivity contribution in [1.29, 1.82) is 0 Å². The number of primary amides is 1. The average molecular weight is 1680 g/mol. The number of aliphatic hydroxyl groups is 5. The molecule has 0 radical (unpaired) electrons. The number of aliphatic hydroxyl groups excluding tert-OH is 5. The number of nitrogens with zero attached hydrogens (tertiary/aromatic N) is 1. The molecule has 11 bridgehead atoms. The third kappa shape index (κ3) is 18.1. The van der Waals surface area contributed by atoms with Gasteiger partial charge in [-0.05, 0) is 110 Å². The van der Waals surface area contributed by atoms with Crippen molar-refractivity contribution < 1.29 is 112 Å². The van der Waals surface area contributed by atoms with Crippen LogP contribution in [0.3, 0.4) is 0 Å². The number of aliphatic carboxylic acids is 1. The molecule has 10 unspecified atom stereocenters. The van der Waals surface area contributed by atoms with E-state index >= 15 is 19.2 Å². The Morgan fingerprint density at radius 2 is 1.34 bits per heavy atom. The highest BCUT2D eigenvalue weighted by molar-refractivity contribution is 7.99. The van der Waals surface area contributed by atoms with Gasteiger partial charge in [0.05, 0.1) is 46.9 Å². The summed E-state index contributed by atoms with van der Waals surface area (Å²) in [5.74, 6) is -13.4. The Morgan fingerprint density at radius 3 is 1.95 bits per heavy atom. The number of amides is 6. The molecule has 2 fully saturated rings. The minimum Gasteiger partial charge on any atom is -0.508 e. The number of nitrogens with two attached hydrogens (primary N) is 2. The van der Waals surface area contributed by atoms with Crippen molar-refractivity contribution in [2.75, 3.05) is 12.8 Å². The molecule has 118 heavy (non-hydrogen) atoms. The van der Waals surface area contributed by atoms with Crippen LogP contribution in [0.5, 0.6) is 46.0 Å². The van der Waals surface area contributed by atoms with Crippen molar-refractivity contribution in [2.24, 2.45) is 17.4 Å². The number of carbonyl (C=O) groups is 7. The Kier molecular flexibility index (Phi) is 25.3. The molecule has 15 rings (SSSR count).